The molecule has 100 valence electrons. The van der Waals surface area contributed by atoms with E-state index in [1.165, 1.54) is 6.92 Å². The molecule has 0 aromatic carbocycles. The molecule has 0 aliphatic carbocycles. The van der Waals surface area contributed by atoms with E-state index in [-0.39, 0.29) is 17.5 Å². The van der Waals surface area contributed by atoms with Crippen LogP contribution in [0, 0.1) is 0 Å². The molecule has 0 amide bonds. The van der Waals surface area contributed by atoms with Crippen molar-refractivity contribution < 1.29 is 14.3 Å². The number of rotatable bonds is 4. The quantitative estimate of drug-likeness (QED) is 0.616. The number of hydrogen-bond donors (Lipinski definition) is 1. The summed E-state index contributed by atoms with van der Waals surface area (Å²) in [7, 11) is 0. The standard InChI is InChI=1S/C12H18N2O3S/c1-3-6-13-12-14-10-5-4-9(7-16-8(2)15)17-11(10)18-12/h3,9-11H,1,4-7H2,2H3,(H,13,14)/t9-,10?,11?/m1/s1. The van der Waals surface area contributed by atoms with Crippen molar-refractivity contribution in [1.82, 2.24) is 5.32 Å². The minimum Gasteiger partial charge on any atom is -0.463 e. The van der Waals surface area contributed by atoms with Gasteiger partial charge in [0.05, 0.1) is 18.7 Å². The molecule has 2 unspecified atom stereocenters. The van der Waals surface area contributed by atoms with Gasteiger partial charge in [-0.25, -0.2) is 0 Å². The molecular weight excluding hydrogens is 252 g/mol. The summed E-state index contributed by atoms with van der Waals surface area (Å²) in [6.45, 7) is 6.02. The second kappa shape index (κ2) is 6.24. The van der Waals surface area contributed by atoms with Crippen LogP contribution in [0.1, 0.15) is 19.8 Å². The second-order valence-corrected chi connectivity index (χ2v) is 5.40. The van der Waals surface area contributed by atoms with Gasteiger partial charge in [0, 0.05) is 6.92 Å². The van der Waals surface area contributed by atoms with Crippen molar-refractivity contribution in [3.8, 4) is 0 Å². The zero-order valence-corrected chi connectivity index (χ0v) is 11.2. The molecule has 18 heavy (non-hydrogen) atoms. The summed E-state index contributed by atoms with van der Waals surface area (Å²) in [5, 5.41) is 4.26. The molecule has 2 heterocycles. The van der Waals surface area contributed by atoms with E-state index in [4.69, 9.17) is 9.47 Å². The van der Waals surface area contributed by atoms with Crippen LogP contribution in [0.15, 0.2) is 17.6 Å². The summed E-state index contributed by atoms with van der Waals surface area (Å²) in [5.41, 5.74) is 0.0721. The van der Waals surface area contributed by atoms with E-state index in [0.717, 1.165) is 18.0 Å². The third-order valence-electron chi connectivity index (χ3n) is 2.83. The highest BCUT2D eigenvalue weighted by Gasteiger charge is 2.38. The molecule has 0 bridgehead atoms. The molecule has 2 aliphatic heterocycles. The van der Waals surface area contributed by atoms with Crippen molar-refractivity contribution in [2.45, 2.75) is 37.3 Å². The van der Waals surface area contributed by atoms with Gasteiger partial charge in [0.15, 0.2) is 5.17 Å². The van der Waals surface area contributed by atoms with Crippen LogP contribution in [-0.2, 0) is 14.3 Å². The van der Waals surface area contributed by atoms with Gasteiger partial charge in [-0.1, -0.05) is 17.8 Å². The van der Waals surface area contributed by atoms with Crippen molar-refractivity contribution in [2.75, 3.05) is 13.2 Å². The zero-order valence-electron chi connectivity index (χ0n) is 10.4. The lowest BCUT2D eigenvalue weighted by molar-refractivity contribution is -0.147. The van der Waals surface area contributed by atoms with Crippen LogP contribution in [0.3, 0.4) is 0 Å². The molecule has 2 aliphatic rings. The van der Waals surface area contributed by atoms with E-state index in [2.05, 4.69) is 16.9 Å². The monoisotopic (exact) mass is 270 g/mol. The number of carbonyl (C=O) groups is 1. The molecule has 0 aromatic heterocycles. The number of carbonyl (C=O) groups excluding carboxylic acids is 1. The summed E-state index contributed by atoms with van der Waals surface area (Å²) >= 11 is 1.60. The topological polar surface area (TPSA) is 59.9 Å². The summed E-state index contributed by atoms with van der Waals surface area (Å²) in [5.74, 6) is -0.258. The number of ether oxygens (including phenoxy) is 2. The van der Waals surface area contributed by atoms with Gasteiger partial charge in [0.1, 0.15) is 12.0 Å². The molecule has 1 N–H and O–H groups in total. The molecular formula is C12H18N2O3S. The number of nitrogens with one attached hydrogen (secondary N) is 1. The summed E-state index contributed by atoms with van der Waals surface area (Å²) in [6.07, 6.45) is 3.68. The lowest BCUT2D eigenvalue weighted by Gasteiger charge is -2.30. The minimum atomic E-state index is -0.258. The first kappa shape index (κ1) is 13.4. The normalized spacial score (nSPS) is 32.7. The van der Waals surface area contributed by atoms with Gasteiger partial charge >= 0.3 is 5.97 Å². The maximum Gasteiger partial charge on any atom is 0.302 e. The second-order valence-electron chi connectivity index (χ2n) is 4.31. The summed E-state index contributed by atoms with van der Waals surface area (Å²) < 4.78 is 10.9. The van der Waals surface area contributed by atoms with E-state index in [1.54, 1.807) is 17.8 Å². The van der Waals surface area contributed by atoms with E-state index in [1.807, 2.05) is 0 Å². The fourth-order valence-electron chi connectivity index (χ4n) is 1.97. The molecule has 0 aromatic rings. The average molecular weight is 270 g/mol. The fourth-order valence-corrected chi connectivity index (χ4v) is 3.14. The smallest absolute Gasteiger partial charge is 0.302 e. The van der Waals surface area contributed by atoms with Crippen molar-refractivity contribution in [2.24, 2.45) is 4.99 Å². The van der Waals surface area contributed by atoms with E-state index in [9.17, 15) is 4.79 Å². The summed E-state index contributed by atoms with van der Waals surface area (Å²) in [6, 6.07) is 0.312. The van der Waals surface area contributed by atoms with Gasteiger partial charge in [0.2, 0.25) is 0 Å². The Bertz CT molecular complexity index is 359. The van der Waals surface area contributed by atoms with Gasteiger partial charge in [-0.15, -0.1) is 6.58 Å². The van der Waals surface area contributed by atoms with E-state index < -0.39 is 0 Å². The number of amidine groups is 1. The van der Waals surface area contributed by atoms with Crippen molar-refractivity contribution in [1.29, 1.82) is 0 Å². The number of thioether (sulfide) groups is 1. The minimum absolute atomic E-state index is 0.00297. The molecule has 6 heteroatoms. The Balaban J connectivity index is 1.83. The van der Waals surface area contributed by atoms with Crippen molar-refractivity contribution >= 4 is 22.9 Å². The third kappa shape index (κ3) is 3.49. The lowest BCUT2D eigenvalue weighted by atomic mass is 10.1. The predicted molar refractivity (Wildman–Crippen MR) is 71.5 cm³/mol. The Morgan fingerprint density at radius 2 is 2.56 bits per heavy atom. The van der Waals surface area contributed by atoms with Crippen LogP contribution in [0.5, 0.6) is 0 Å². The maximum atomic E-state index is 10.8. The SMILES string of the molecule is C=CCN=C1NC2CC[C@H](COC(C)=O)OC2S1. The molecule has 3 atom stereocenters. The number of aliphatic imine (C=N–C) groups is 1. The van der Waals surface area contributed by atoms with Crippen LogP contribution in [-0.4, -0.2) is 41.9 Å². The highest BCUT2D eigenvalue weighted by Crippen LogP contribution is 2.33. The van der Waals surface area contributed by atoms with Gasteiger partial charge in [-0.05, 0) is 12.8 Å². The average Bonchev–Trinajstić information content (AvgIpc) is 2.75. The van der Waals surface area contributed by atoms with Gasteiger partial charge < -0.3 is 14.8 Å². The first-order valence-electron chi connectivity index (χ1n) is 6.06. The van der Waals surface area contributed by atoms with Crippen molar-refractivity contribution in [3.63, 3.8) is 0 Å². The number of nitrogens with zero attached hydrogens (tertiary/aromatic N) is 1. The van der Waals surface area contributed by atoms with Gasteiger partial charge in [-0.2, -0.15) is 0 Å². The largest absolute Gasteiger partial charge is 0.463 e. The van der Waals surface area contributed by atoms with E-state index >= 15 is 0 Å². The number of hydrogen-bond acceptors (Lipinski definition) is 5. The Labute approximate surface area is 111 Å². The fraction of sp³-hybridized carbons (Fsp3) is 0.667. The summed E-state index contributed by atoms with van der Waals surface area (Å²) in [4.78, 5) is 15.1. The van der Waals surface area contributed by atoms with E-state index in [0.29, 0.717) is 19.2 Å². The van der Waals surface area contributed by atoms with Gasteiger partial charge in [-0.3, -0.25) is 9.79 Å². The third-order valence-corrected chi connectivity index (χ3v) is 3.97. The molecule has 5 nitrogen and oxygen atoms in total. The molecule has 2 fully saturated rings. The maximum absolute atomic E-state index is 10.8. The van der Waals surface area contributed by atoms with Crippen LogP contribution >= 0.6 is 11.8 Å². The molecule has 0 spiro atoms. The van der Waals surface area contributed by atoms with Crippen LogP contribution in [0.4, 0.5) is 0 Å². The zero-order chi connectivity index (χ0) is 13.0. The number of esters is 1. The Kier molecular flexibility index (Phi) is 4.66. The van der Waals surface area contributed by atoms with Crippen molar-refractivity contribution in [3.05, 3.63) is 12.7 Å². The van der Waals surface area contributed by atoms with Crippen LogP contribution in [0.2, 0.25) is 0 Å². The first-order chi connectivity index (χ1) is 8.69. The van der Waals surface area contributed by atoms with Crippen LogP contribution < -0.4 is 5.32 Å². The Hall–Kier alpha value is -1.01. The first-order valence-corrected chi connectivity index (χ1v) is 6.94. The molecule has 2 rings (SSSR count). The number of fused-ring (bicyclic) bond motifs is 1. The van der Waals surface area contributed by atoms with Gasteiger partial charge in [0.25, 0.3) is 0 Å². The predicted octanol–water partition coefficient (Wildman–Crippen LogP) is 1.30. The molecule has 2 saturated heterocycles. The lowest BCUT2D eigenvalue weighted by Crippen LogP contribution is -2.41. The highest BCUT2D eigenvalue weighted by atomic mass is 32.2. The van der Waals surface area contributed by atoms with Crippen LogP contribution in [0.25, 0.3) is 0 Å². The Morgan fingerprint density at radius 1 is 1.72 bits per heavy atom. The Morgan fingerprint density at radius 3 is 3.28 bits per heavy atom. The highest BCUT2D eigenvalue weighted by molar-refractivity contribution is 8.14. The molecule has 0 saturated carbocycles. The molecule has 0 radical (unpaired) electrons.